The molecule has 1 aromatic rings. The van der Waals surface area contributed by atoms with Gasteiger partial charge in [0, 0.05) is 17.7 Å². The first kappa shape index (κ1) is 20.0. The van der Waals surface area contributed by atoms with E-state index in [0.29, 0.717) is 0 Å². The van der Waals surface area contributed by atoms with Gasteiger partial charge in [-0.05, 0) is 44.0 Å². The van der Waals surface area contributed by atoms with Gasteiger partial charge in [0.2, 0.25) is 5.78 Å². The van der Waals surface area contributed by atoms with E-state index in [1.807, 2.05) is 0 Å². The average molecular weight is 388 g/mol. The summed E-state index contributed by atoms with van der Waals surface area (Å²) >= 11 is 4.91. The number of rotatable bonds is 4. The monoisotopic (exact) mass is 387 g/mol. The molecule has 0 saturated heterocycles. The second-order valence-corrected chi connectivity index (χ2v) is 6.60. The number of aryl methyl sites for hydroxylation is 1. The molecule has 0 saturated carbocycles. The van der Waals surface area contributed by atoms with Gasteiger partial charge in [0.05, 0.1) is 7.11 Å². The predicted molar refractivity (Wildman–Crippen MR) is 87.1 cm³/mol. The van der Waals surface area contributed by atoms with E-state index in [1.165, 1.54) is 13.8 Å². The molecule has 1 heterocycles. The Kier molecular flexibility index (Phi) is 5.19. The number of esters is 1. The number of carbonyl (C=O) groups excluding carboxylic acids is 3. The molecule has 2 rings (SSSR count). The molecule has 1 aliphatic carbocycles. The minimum Gasteiger partial charge on any atom is -0.510 e. The van der Waals surface area contributed by atoms with E-state index in [2.05, 4.69) is 9.72 Å². The summed E-state index contributed by atoms with van der Waals surface area (Å²) in [4.78, 5) is 40.5. The zero-order valence-electron chi connectivity index (χ0n) is 14.2. The summed E-state index contributed by atoms with van der Waals surface area (Å²) in [5.41, 5.74) is -3.11. The first-order valence-electron chi connectivity index (χ1n) is 7.58. The second kappa shape index (κ2) is 6.75. The molecule has 0 amide bonds. The summed E-state index contributed by atoms with van der Waals surface area (Å²) in [6.07, 6.45) is -0.170. The molecule has 26 heavy (non-hydrogen) atoms. The van der Waals surface area contributed by atoms with Crippen LogP contribution in [0.25, 0.3) is 0 Å². The highest BCUT2D eigenvalue weighted by molar-refractivity contribution is 6.27. The van der Waals surface area contributed by atoms with Crippen LogP contribution in [-0.2, 0) is 19.7 Å². The third-order valence-corrected chi connectivity index (χ3v) is 4.57. The Morgan fingerprint density at radius 1 is 1.38 bits per heavy atom. The molecule has 6 nitrogen and oxygen atoms in total. The van der Waals surface area contributed by atoms with Crippen LogP contribution in [0.15, 0.2) is 23.5 Å². The van der Waals surface area contributed by atoms with Crippen molar-refractivity contribution in [3.63, 3.8) is 0 Å². The Balaban J connectivity index is 2.55. The highest BCUT2D eigenvalue weighted by Gasteiger charge is 2.47. The van der Waals surface area contributed by atoms with Gasteiger partial charge in [0.1, 0.15) is 22.4 Å². The van der Waals surface area contributed by atoms with Crippen molar-refractivity contribution in [2.24, 2.45) is 5.41 Å². The zero-order valence-corrected chi connectivity index (χ0v) is 15.0. The number of nitrogens with zero attached hydrogens (tertiary/aromatic N) is 1. The summed E-state index contributed by atoms with van der Waals surface area (Å²) < 4.78 is 30.9. The standard InChI is InChI=1S/C17H16ClF2NO5/c1-8-9(4-5-11(21-8)17(18,19)20)13(23)12-10(22)6-7-16(2,14(12)24)15(25)26-3/h4-5,24H,6-7H2,1-3H3. The van der Waals surface area contributed by atoms with Crippen molar-refractivity contribution in [3.8, 4) is 0 Å². The van der Waals surface area contributed by atoms with Gasteiger partial charge >= 0.3 is 11.4 Å². The molecule has 0 aromatic carbocycles. The Bertz CT molecular complexity index is 831. The van der Waals surface area contributed by atoms with E-state index < -0.39 is 45.4 Å². The maximum Gasteiger partial charge on any atom is 0.364 e. The number of allylic oxidation sites excluding steroid dienone is 1. The molecule has 9 heteroatoms. The maximum atomic E-state index is 13.1. The highest BCUT2D eigenvalue weighted by Crippen LogP contribution is 2.40. The number of carbonyl (C=O) groups is 3. The Morgan fingerprint density at radius 2 is 2.00 bits per heavy atom. The van der Waals surface area contributed by atoms with Gasteiger partial charge < -0.3 is 9.84 Å². The van der Waals surface area contributed by atoms with E-state index in [1.54, 1.807) is 0 Å². The number of alkyl halides is 3. The highest BCUT2D eigenvalue weighted by atomic mass is 35.5. The molecule has 1 N–H and O–H groups in total. The van der Waals surface area contributed by atoms with E-state index in [0.717, 1.165) is 19.2 Å². The number of aliphatic hydroxyl groups is 1. The van der Waals surface area contributed by atoms with Gasteiger partial charge in [0.25, 0.3) is 0 Å². The van der Waals surface area contributed by atoms with Crippen molar-refractivity contribution < 1.29 is 33.0 Å². The number of methoxy groups -OCH3 is 1. The number of ether oxygens (including phenoxy) is 1. The van der Waals surface area contributed by atoms with Crippen LogP contribution < -0.4 is 0 Å². The number of aliphatic hydroxyl groups excluding tert-OH is 1. The van der Waals surface area contributed by atoms with Crippen molar-refractivity contribution in [1.29, 1.82) is 0 Å². The molecule has 0 radical (unpaired) electrons. The van der Waals surface area contributed by atoms with Crippen LogP contribution in [0.5, 0.6) is 0 Å². The second-order valence-electron chi connectivity index (χ2n) is 6.13. The zero-order chi connectivity index (χ0) is 19.9. The molecule has 0 fully saturated rings. The lowest BCUT2D eigenvalue weighted by Gasteiger charge is -2.30. The number of Topliss-reactive ketones (excluding diaryl/α,β-unsaturated/α-hetero) is 2. The summed E-state index contributed by atoms with van der Waals surface area (Å²) in [6.45, 7) is 2.65. The van der Waals surface area contributed by atoms with Crippen molar-refractivity contribution in [1.82, 2.24) is 4.98 Å². The minimum atomic E-state index is -3.71. The molecular formula is C17H16ClF2NO5. The van der Waals surface area contributed by atoms with Gasteiger partial charge in [0.15, 0.2) is 5.78 Å². The third-order valence-electron chi connectivity index (χ3n) is 4.37. The maximum absolute atomic E-state index is 13.1. The topological polar surface area (TPSA) is 93.6 Å². The van der Waals surface area contributed by atoms with Crippen LogP contribution in [0.4, 0.5) is 8.78 Å². The first-order chi connectivity index (χ1) is 11.9. The lowest BCUT2D eigenvalue weighted by atomic mass is 9.74. The van der Waals surface area contributed by atoms with E-state index >= 15 is 0 Å². The number of aromatic nitrogens is 1. The number of pyridine rings is 1. The lowest BCUT2D eigenvalue weighted by molar-refractivity contribution is -0.152. The molecule has 1 atom stereocenters. The van der Waals surface area contributed by atoms with Crippen LogP contribution in [0.3, 0.4) is 0 Å². The molecule has 0 bridgehead atoms. The SMILES string of the molecule is COC(=O)C1(C)CCC(=O)C(C(=O)c2ccc(C(F)(F)Cl)nc2C)=C1O. The Labute approximate surface area is 152 Å². The van der Waals surface area contributed by atoms with E-state index in [-0.39, 0.29) is 24.1 Å². The van der Waals surface area contributed by atoms with Gasteiger partial charge in [-0.2, -0.15) is 8.78 Å². The van der Waals surface area contributed by atoms with Crippen LogP contribution in [0, 0.1) is 12.3 Å². The molecule has 0 aliphatic heterocycles. The summed E-state index contributed by atoms with van der Waals surface area (Å²) in [5, 5.41) is 6.73. The third kappa shape index (κ3) is 3.33. The predicted octanol–water partition coefficient (Wildman–Crippen LogP) is 3.22. The fourth-order valence-electron chi connectivity index (χ4n) is 2.77. The normalized spacial score (nSPS) is 20.9. The number of halogens is 3. The van der Waals surface area contributed by atoms with Gasteiger partial charge in [-0.25, -0.2) is 4.98 Å². The Hall–Kier alpha value is -2.35. The average Bonchev–Trinajstić information content (AvgIpc) is 2.56. The number of hydrogen-bond acceptors (Lipinski definition) is 6. The quantitative estimate of drug-likeness (QED) is 0.369. The summed E-state index contributed by atoms with van der Waals surface area (Å²) in [6, 6.07) is 1.91. The molecule has 1 aliphatic rings. The van der Waals surface area contributed by atoms with Crippen LogP contribution in [0.1, 0.15) is 41.5 Å². The largest absolute Gasteiger partial charge is 0.510 e. The van der Waals surface area contributed by atoms with E-state index in [4.69, 9.17) is 11.6 Å². The molecule has 0 spiro atoms. The molecule has 140 valence electrons. The summed E-state index contributed by atoms with van der Waals surface area (Å²) in [5.74, 6) is -3.05. The minimum absolute atomic E-state index is 0.0181. The molecule has 1 unspecified atom stereocenters. The molecular weight excluding hydrogens is 372 g/mol. The van der Waals surface area contributed by atoms with Crippen molar-refractivity contribution in [3.05, 3.63) is 40.4 Å². The smallest absolute Gasteiger partial charge is 0.364 e. The van der Waals surface area contributed by atoms with Crippen LogP contribution in [-0.4, -0.2) is 34.7 Å². The Morgan fingerprint density at radius 3 is 2.50 bits per heavy atom. The van der Waals surface area contributed by atoms with Crippen molar-refractivity contribution >= 4 is 29.1 Å². The summed E-state index contributed by atoms with van der Waals surface area (Å²) in [7, 11) is 1.12. The molecule has 1 aromatic heterocycles. The fourth-order valence-corrected chi connectivity index (χ4v) is 2.87. The fraction of sp³-hybridized carbons (Fsp3) is 0.412. The van der Waals surface area contributed by atoms with Crippen molar-refractivity contribution in [2.75, 3.05) is 7.11 Å². The van der Waals surface area contributed by atoms with Crippen molar-refractivity contribution in [2.45, 2.75) is 32.1 Å². The first-order valence-corrected chi connectivity index (χ1v) is 7.96. The van der Waals surface area contributed by atoms with Crippen LogP contribution >= 0.6 is 11.6 Å². The number of hydrogen-bond donors (Lipinski definition) is 1. The lowest BCUT2D eigenvalue weighted by Crippen LogP contribution is -2.38. The van der Waals surface area contributed by atoms with Gasteiger partial charge in [-0.15, -0.1) is 0 Å². The van der Waals surface area contributed by atoms with Gasteiger partial charge in [-0.3, -0.25) is 14.4 Å². The van der Waals surface area contributed by atoms with Crippen LogP contribution in [0.2, 0.25) is 0 Å². The van der Waals surface area contributed by atoms with Gasteiger partial charge in [-0.1, -0.05) is 0 Å². The van der Waals surface area contributed by atoms with E-state index in [9.17, 15) is 28.3 Å². The number of ketones is 2.